The maximum Gasteiger partial charge on any atom is 0.407 e. The van der Waals surface area contributed by atoms with E-state index in [4.69, 9.17) is 4.74 Å². The molecular weight excluding hydrogens is 444 g/mol. The topological polar surface area (TPSA) is 95.9 Å². The Morgan fingerprint density at radius 3 is 2.26 bits per heavy atom. The number of ether oxygens (including phenoxy) is 1. The van der Waals surface area contributed by atoms with Crippen molar-refractivity contribution in [1.29, 1.82) is 0 Å². The number of carbonyl (C=O) groups excluding carboxylic acids is 2. The van der Waals surface area contributed by atoms with E-state index in [2.05, 4.69) is 29.6 Å². The number of carbonyl (C=O) groups is 3. The average Bonchev–Trinajstić information content (AvgIpc) is 3.50. The van der Waals surface area contributed by atoms with Crippen LogP contribution in [0, 0.1) is 11.8 Å². The van der Waals surface area contributed by atoms with Gasteiger partial charge in [-0.15, -0.1) is 0 Å². The van der Waals surface area contributed by atoms with Crippen LogP contribution in [0.2, 0.25) is 0 Å². The summed E-state index contributed by atoms with van der Waals surface area (Å²) in [4.78, 5) is 39.0. The summed E-state index contributed by atoms with van der Waals surface area (Å²) >= 11 is 0. The van der Waals surface area contributed by atoms with Gasteiger partial charge in [-0.25, -0.2) is 9.59 Å². The second-order valence-electron chi connectivity index (χ2n) is 9.89. The highest BCUT2D eigenvalue weighted by atomic mass is 16.5. The predicted octanol–water partition coefficient (Wildman–Crippen LogP) is 4.41. The summed E-state index contributed by atoms with van der Waals surface area (Å²) in [6.45, 7) is 1.11. The minimum Gasteiger partial charge on any atom is -0.480 e. The third kappa shape index (κ3) is 4.64. The molecule has 0 spiro atoms. The zero-order valence-electron chi connectivity index (χ0n) is 19.8. The summed E-state index contributed by atoms with van der Waals surface area (Å²) in [7, 11) is 0. The van der Waals surface area contributed by atoms with Gasteiger partial charge >= 0.3 is 12.1 Å². The molecule has 7 heteroatoms. The van der Waals surface area contributed by atoms with Crippen LogP contribution in [0.15, 0.2) is 48.5 Å². The van der Waals surface area contributed by atoms with Gasteiger partial charge in [0.05, 0.1) is 0 Å². The number of alkyl carbamates (subject to hydrolysis) is 1. The van der Waals surface area contributed by atoms with Crippen molar-refractivity contribution in [2.75, 3.05) is 19.7 Å². The van der Waals surface area contributed by atoms with Gasteiger partial charge in [0.1, 0.15) is 12.6 Å². The van der Waals surface area contributed by atoms with Gasteiger partial charge in [0.15, 0.2) is 0 Å². The van der Waals surface area contributed by atoms with E-state index in [1.165, 1.54) is 11.1 Å². The molecule has 1 aliphatic heterocycles. The van der Waals surface area contributed by atoms with Gasteiger partial charge in [0, 0.05) is 24.9 Å². The summed E-state index contributed by atoms with van der Waals surface area (Å²) in [6, 6.07) is 15.7. The lowest BCUT2D eigenvalue weighted by Crippen LogP contribution is -2.47. The minimum atomic E-state index is -0.931. The fourth-order valence-electron chi connectivity index (χ4n) is 6.14. The van der Waals surface area contributed by atoms with Gasteiger partial charge in [-0.3, -0.25) is 4.79 Å². The standard InChI is InChI=1S/C28H32N2O5/c31-26(30-15-7-14-25(30)27(32)33)19-9-2-1-8-18(19)16-29-28(34)35-17-24-22-12-5-3-10-20(22)21-11-4-6-13-23(21)24/h3-6,10-13,18-19,24-25H,1-2,7-9,14-17H2,(H,29,34)(H,32,33)/t18?,19?,25-/m1/s1. The van der Waals surface area contributed by atoms with E-state index in [0.29, 0.717) is 19.5 Å². The van der Waals surface area contributed by atoms with Crippen molar-refractivity contribution in [2.45, 2.75) is 50.5 Å². The highest BCUT2D eigenvalue weighted by molar-refractivity contribution is 5.86. The first-order valence-electron chi connectivity index (χ1n) is 12.7. The highest BCUT2D eigenvalue weighted by Crippen LogP contribution is 2.44. The molecule has 2 unspecified atom stereocenters. The molecule has 0 aromatic heterocycles. The van der Waals surface area contributed by atoms with Crippen molar-refractivity contribution >= 4 is 18.0 Å². The lowest BCUT2D eigenvalue weighted by Gasteiger charge is -2.34. The summed E-state index contributed by atoms with van der Waals surface area (Å²) in [5.41, 5.74) is 4.69. The number of fused-ring (bicyclic) bond motifs is 3. The zero-order valence-corrected chi connectivity index (χ0v) is 19.8. The van der Waals surface area contributed by atoms with Crippen LogP contribution in [0.4, 0.5) is 4.79 Å². The number of carboxylic acid groups (broad SMARTS) is 1. The summed E-state index contributed by atoms with van der Waals surface area (Å²) < 4.78 is 5.65. The number of carboxylic acids is 1. The van der Waals surface area contributed by atoms with Crippen LogP contribution in [0.25, 0.3) is 11.1 Å². The summed E-state index contributed by atoms with van der Waals surface area (Å²) in [6.07, 6.45) is 4.28. The molecule has 2 aromatic carbocycles. The van der Waals surface area contributed by atoms with Crippen molar-refractivity contribution in [1.82, 2.24) is 10.2 Å². The molecule has 1 saturated heterocycles. The number of hydrogen-bond donors (Lipinski definition) is 2. The molecule has 2 aromatic rings. The third-order valence-electron chi connectivity index (χ3n) is 7.90. The zero-order chi connectivity index (χ0) is 24.4. The molecule has 2 fully saturated rings. The molecule has 3 aliphatic rings. The molecule has 2 amide bonds. The maximum atomic E-state index is 13.2. The van der Waals surface area contributed by atoms with Gasteiger partial charge in [-0.2, -0.15) is 0 Å². The summed E-state index contributed by atoms with van der Waals surface area (Å²) in [5, 5.41) is 12.4. The number of benzene rings is 2. The van der Waals surface area contributed by atoms with E-state index < -0.39 is 18.1 Å². The number of aliphatic carboxylic acids is 1. The Hall–Kier alpha value is -3.35. The fourth-order valence-corrected chi connectivity index (χ4v) is 6.14. The predicted molar refractivity (Wildman–Crippen MR) is 131 cm³/mol. The summed E-state index contributed by atoms with van der Waals surface area (Å²) in [5.74, 6) is -1.27. The Labute approximate surface area is 205 Å². The quantitative estimate of drug-likeness (QED) is 0.644. The van der Waals surface area contributed by atoms with Crippen LogP contribution in [-0.4, -0.2) is 53.7 Å². The van der Waals surface area contributed by atoms with Crippen molar-refractivity contribution in [3.8, 4) is 11.1 Å². The van der Waals surface area contributed by atoms with Crippen LogP contribution in [0.1, 0.15) is 55.6 Å². The lowest BCUT2D eigenvalue weighted by molar-refractivity contribution is -0.151. The van der Waals surface area contributed by atoms with Gasteiger partial charge in [0.25, 0.3) is 0 Å². The Bertz CT molecular complexity index is 1070. The van der Waals surface area contributed by atoms with Crippen LogP contribution in [0.5, 0.6) is 0 Å². The largest absolute Gasteiger partial charge is 0.480 e. The molecular formula is C28H32N2O5. The Balaban J connectivity index is 1.19. The molecule has 184 valence electrons. The molecule has 2 aliphatic carbocycles. The maximum absolute atomic E-state index is 13.2. The average molecular weight is 477 g/mol. The first-order valence-corrected chi connectivity index (χ1v) is 12.7. The van der Waals surface area contributed by atoms with E-state index in [9.17, 15) is 19.5 Å². The van der Waals surface area contributed by atoms with E-state index in [1.807, 2.05) is 24.3 Å². The first-order chi connectivity index (χ1) is 17.0. The SMILES string of the molecule is O=C(NCC1CCCCC1C(=O)N1CCC[C@@H]1C(=O)O)OCC1c2ccccc2-c2ccccc21. The Morgan fingerprint density at radius 1 is 0.914 bits per heavy atom. The smallest absolute Gasteiger partial charge is 0.407 e. The van der Waals surface area contributed by atoms with Crippen molar-refractivity contribution in [3.63, 3.8) is 0 Å². The van der Waals surface area contributed by atoms with Crippen molar-refractivity contribution in [3.05, 3.63) is 59.7 Å². The van der Waals surface area contributed by atoms with Gasteiger partial charge < -0.3 is 20.1 Å². The van der Waals surface area contributed by atoms with Gasteiger partial charge in [-0.1, -0.05) is 61.4 Å². The number of nitrogens with one attached hydrogen (secondary N) is 1. The second kappa shape index (κ2) is 10.1. The molecule has 5 rings (SSSR count). The molecule has 7 nitrogen and oxygen atoms in total. The van der Waals surface area contributed by atoms with Crippen LogP contribution >= 0.6 is 0 Å². The Kier molecular flexibility index (Phi) is 6.75. The molecule has 3 atom stereocenters. The molecule has 35 heavy (non-hydrogen) atoms. The third-order valence-corrected chi connectivity index (χ3v) is 7.90. The van der Waals surface area contributed by atoms with Crippen molar-refractivity contribution < 1.29 is 24.2 Å². The van der Waals surface area contributed by atoms with Gasteiger partial charge in [-0.05, 0) is 53.9 Å². The minimum absolute atomic E-state index is 0.000255. The molecule has 0 bridgehead atoms. The molecule has 1 saturated carbocycles. The van der Waals surface area contributed by atoms with E-state index >= 15 is 0 Å². The number of rotatable bonds is 6. The number of amides is 2. The number of likely N-dealkylation sites (tertiary alicyclic amines) is 1. The first kappa shape index (κ1) is 23.4. The number of hydrogen-bond acceptors (Lipinski definition) is 4. The normalized spacial score (nSPS) is 23.4. The second-order valence-corrected chi connectivity index (χ2v) is 9.89. The van der Waals surface area contributed by atoms with Crippen molar-refractivity contribution in [2.24, 2.45) is 11.8 Å². The fraction of sp³-hybridized carbons (Fsp3) is 0.464. The van der Waals surface area contributed by atoms with Crippen LogP contribution in [0.3, 0.4) is 0 Å². The molecule has 1 heterocycles. The van der Waals surface area contributed by atoms with Crippen LogP contribution in [-0.2, 0) is 14.3 Å². The van der Waals surface area contributed by atoms with Gasteiger partial charge in [0.2, 0.25) is 5.91 Å². The Morgan fingerprint density at radius 2 is 1.57 bits per heavy atom. The van der Waals surface area contributed by atoms with E-state index in [1.54, 1.807) is 4.90 Å². The van der Waals surface area contributed by atoms with E-state index in [0.717, 1.165) is 43.2 Å². The lowest BCUT2D eigenvalue weighted by atomic mass is 9.78. The van der Waals surface area contributed by atoms with Crippen LogP contribution < -0.4 is 5.32 Å². The molecule has 2 N–H and O–H groups in total. The molecule has 0 radical (unpaired) electrons. The highest BCUT2D eigenvalue weighted by Gasteiger charge is 2.40. The van der Waals surface area contributed by atoms with E-state index in [-0.39, 0.29) is 30.3 Å². The number of nitrogens with zero attached hydrogens (tertiary/aromatic N) is 1. The monoisotopic (exact) mass is 476 g/mol.